The van der Waals surface area contributed by atoms with Gasteiger partial charge in [-0.3, -0.25) is 0 Å². The molecule has 102 valence electrons. The van der Waals surface area contributed by atoms with Crippen molar-refractivity contribution in [3.05, 3.63) is 22.7 Å². The third-order valence-corrected chi connectivity index (χ3v) is 4.98. The summed E-state index contributed by atoms with van der Waals surface area (Å²) in [4.78, 5) is 0.0128. The van der Waals surface area contributed by atoms with E-state index in [2.05, 4.69) is 20.7 Å². The first-order chi connectivity index (χ1) is 8.24. The summed E-state index contributed by atoms with van der Waals surface area (Å²) in [5, 5.41) is 9.24. The van der Waals surface area contributed by atoms with Gasteiger partial charge in [0.1, 0.15) is 4.90 Å². The van der Waals surface area contributed by atoms with Gasteiger partial charge in [0.05, 0.1) is 17.8 Å². The Labute approximate surface area is 116 Å². The maximum Gasteiger partial charge on any atom is 0.243 e. The molecule has 1 rings (SSSR count). The highest BCUT2D eigenvalue weighted by Gasteiger charge is 2.29. The van der Waals surface area contributed by atoms with Gasteiger partial charge in [0.15, 0.2) is 0 Å². The zero-order chi connectivity index (χ0) is 14.0. The molecule has 18 heavy (non-hydrogen) atoms. The molecule has 0 bridgehead atoms. The molecule has 0 aliphatic heterocycles. The number of anilines is 1. The number of benzene rings is 1. The first-order valence-corrected chi connectivity index (χ1v) is 7.71. The lowest BCUT2D eigenvalue weighted by Crippen LogP contribution is -2.48. The van der Waals surface area contributed by atoms with Crippen molar-refractivity contribution < 1.29 is 13.5 Å². The van der Waals surface area contributed by atoms with E-state index in [0.717, 1.165) is 0 Å². The molecule has 0 aliphatic carbocycles. The Balaban J connectivity index is 3.15. The highest BCUT2D eigenvalue weighted by Crippen LogP contribution is 2.24. The van der Waals surface area contributed by atoms with Crippen LogP contribution in [0.3, 0.4) is 0 Å². The number of hydrogen-bond acceptors (Lipinski definition) is 4. The second-order valence-electron chi connectivity index (χ2n) is 4.36. The molecule has 1 aromatic rings. The fourth-order valence-corrected chi connectivity index (χ4v) is 3.32. The summed E-state index contributed by atoms with van der Waals surface area (Å²) >= 11 is 3.22. The molecule has 1 unspecified atom stereocenters. The van der Waals surface area contributed by atoms with Crippen molar-refractivity contribution in [1.82, 2.24) is 4.72 Å². The molecular formula is C11H17BrN2O3S. The molecule has 0 fully saturated rings. The lowest BCUT2D eigenvalue weighted by atomic mass is 10.0. The van der Waals surface area contributed by atoms with E-state index in [4.69, 9.17) is 5.73 Å². The largest absolute Gasteiger partial charge is 0.398 e. The Morgan fingerprint density at radius 1 is 1.50 bits per heavy atom. The molecule has 0 amide bonds. The van der Waals surface area contributed by atoms with Crippen LogP contribution in [0, 0.1) is 0 Å². The molecule has 5 nitrogen and oxygen atoms in total. The Bertz CT molecular complexity index is 527. The van der Waals surface area contributed by atoms with E-state index in [0.29, 0.717) is 10.9 Å². The van der Waals surface area contributed by atoms with Crippen LogP contribution in [0.25, 0.3) is 0 Å². The molecular weight excluding hydrogens is 320 g/mol. The summed E-state index contributed by atoms with van der Waals surface area (Å²) in [6, 6.07) is 4.55. The summed E-state index contributed by atoms with van der Waals surface area (Å²) in [7, 11) is -3.75. The highest BCUT2D eigenvalue weighted by atomic mass is 79.9. The van der Waals surface area contributed by atoms with Gasteiger partial charge in [-0.25, -0.2) is 13.1 Å². The van der Waals surface area contributed by atoms with E-state index >= 15 is 0 Å². The van der Waals surface area contributed by atoms with E-state index in [1.807, 2.05) is 0 Å². The first kappa shape index (κ1) is 15.4. The van der Waals surface area contributed by atoms with Gasteiger partial charge in [0, 0.05) is 4.47 Å². The smallest absolute Gasteiger partial charge is 0.243 e. The van der Waals surface area contributed by atoms with E-state index < -0.39 is 15.6 Å². The van der Waals surface area contributed by atoms with Crippen molar-refractivity contribution in [3.8, 4) is 0 Å². The van der Waals surface area contributed by atoms with Crippen molar-refractivity contribution in [3.63, 3.8) is 0 Å². The number of sulfonamides is 1. The molecule has 1 atom stereocenters. The van der Waals surface area contributed by atoms with Gasteiger partial charge < -0.3 is 10.8 Å². The lowest BCUT2D eigenvalue weighted by molar-refractivity contribution is 0.191. The number of nitrogens with two attached hydrogens (primary N) is 1. The van der Waals surface area contributed by atoms with Gasteiger partial charge in [0.25, 0.3) is 0 Å². The van der Waals surface area contributed by atoms with Gasteiger partial charge in [-0.2, -0.15) is 0 Å². The quantitative estimate of drug-likeness (QED) is 0.710. The maximum atomic E-state index is 12.2. The van der Waals surface area contributed by atoms with E-state index in [9.17, 15) is 13.5 Å². The van der Waals surface area contributed by atoms with Crippen LogP contribution in [0.2, 0.25) is 0 Å². The second-order valence-corrected chi connectivity index (χ2v) is 6.93. The van der Waals surface area contributed by atoms with Gasteiger partial charge in [0.2, 0.25) is 10.0 Å². The fraction of sp³-hybridized carbons (Fsp3) is 0.455. The van der Waals surface area contributed by atoms with Crippen molar-refractivity contribution in [2.75, 3.05) is 12.3 Å². The van der Waals surface area contributed by atoms with Crippen molar-refractivity contribution in [1.29, 1.82) is 0 Å². The van der Waals surface area contributed by atoms with Crippen LogP contribution in [0.1, 0.15) is 20.3 Å². The molecule has 4 N–H and O–H groups in total. The Morgan fingerprint density at radius 2 is 2.11 bits per heavy atom. The van der Waals surface area contributed by atoms with E-state index in [-0.39, 0.29) is 17.2 Å². The second kappa shape index (κ2) is 5.56. The predicted octanol–water partition coefficient (Wildman–Crippen LogP) is 1.47. The summed E-state index contributed by atoms with van der Waals surface area (Å²) in [5.41, 5.74) is 4.97. The number of halogens is 1. The number of rotatable bonds is 5. The molecule has 0 radical (unpaired) electrons. The highest BCUT2D eigenvalue weighted by molar-refractivity contribution is 9.10. The minimum Gasteiger partial charge on any atom is -0.398 e. The number of aliphatic hydroxyl groups is 1. The minimum absolute atomic E-state index is 0.0128. The number of aliphatic hydroxyl groups excluding tert-OH is 1. The normalized spacial score (nSPS) is 15.3. The van der Waals surface area contributed by atoms with E-state index in [1.54, 1.807) is 19.9 Å². The van der Waals surface area contributed by atoms with Crippen LogP contribution in [0.4, 0.5) is 5.69 Å². The fourth-order valence-electron chi connectivity index (χ4n) is 1.36. The number of hydrogen-bond donors (Lipinski definition) is 3. The Hall–Kier alpha value is -0.630. The average molecular weight is 337 g/mol. The van der Waals surface area contributed by atoms with Gasteiger partial charge in [-0.05, 0) is 31.5 Å². The first-order valence-electron chi connectivity index (χ1n) is 5.44. The minimum atomic E-state index is -3.75. The summed E-state index contributed by atoms with van der Waals surface area (Å²) in [6.45, 7) is 3.16. The van der Waals surface area contributed by atoms with Gasteiger partial charge in [-0.15, -0.1) is 0 Å². The zero-order valence-corrected chi connectivity index (χ0v) is 12.7. The Kier molecular flexibility index (Phi) is 4.77. The topological polar surface area (TPSA) is 92.4 Å². The van der Waals surface area contributed by atoms with Crippen LogP contribution < -0.4 is 10.5 Å². The molecule has 0 saturated carbocycles. The predicted molar refractivity (Wildman–Crippen MR) is 74.7 cm³/mol. The summed E-state index contributed by atoms with van der Waals surface area (Å²) in [6.07, 6.45) is 0.471. The van der Waals surface area contributed by atoms with Gasteiger partial charge >= 0.3 is 0 Å². The molecule has 0 aromatic heterocycles. The van der Waals surface area contributed by atoms with Gasteiger partial charge in [-0.1, -0.05) is 22.9 Å². The molecule has 7 heteroatoms. The third-order valence-electron chi connectivity index (χ3n) is 2.77. The molecule has 1 aromatic carbocycles. The number of nitrogens with one attached hydrogen (secondary N) is 1. The molecule has 0 heterocycles. The van der Waals surface area contributed by atoms with Crippen molar-refractivity contribution in [2.45, 2.75) is 30.7 Å². The van der Waals surface area contributed by atoms with Crippen molar-refractivity contribution >= 4 is 31.6 Å². The standard InChI is InChI=1S/C11H17BrN2O3S/c1-3-11(2,7-15)14-18(16,17)10-5-4-8(12)6-9(10)13/h4-6,14-15H,3,7,13H2,1-2H3. The molecule has 0 aliphatic rings. The monoisotopic (exact) mass is 336 g/mol. The van der Waals surface area contributed by atoms with Crippen LogP contribution in [0.15, 0.2) is 27.6 Å². The average Bonchev–Trinajstić information content (AvgIpc) is 2.27. The molecule has 0 spiro atoms. The van der Waals surface area contributed by atoms with Crippen molar-refractivity contribution in [2.24, 2.45) is 0 Å². The van der Waals surface area contributed by atoms with E-state index in [1.165, 1.54) is 12.1 Å². The zero-order valence-electron chi connectivity index (χ0n) is 10.3. The maximum absolute atomic E-state index is 12.2. The van der Waals surface area contributed by atoms with Crippen LogP contribution in [0.5, 0.6) is 0 Å². The number of nitrogen functional groups attached to an aromatic ring is 1. The van der Waals surface area contributed by atoms with Crippen LogP contribution in [-0.4, -0.2) is 25.7 Å². The molecule has 0 saturated heterocycles. The summed E-state index contributed by atoms with van der Waals surface area (Å²) in [5.74, 6) is 0. The Morgan fingerprint density at radius 3 is 2.56 bits per heavy atom. The van der Waals surface area contributed by atoms with Crippen LogP contribution in [-0.2, 0) is 10.0 Å². The lowest BCUT2D eigenvalue weighted by Gasteiger charge is -2.27. The summed E-state index contributed by atoms with van der Waals surface area (Å²) < 4.78 is 27.5. The third kappa shape index (κ3) is 3.44. The van der Waals surface area contributed by atoms with Crippen LogP contribution >= 0.6 is 15.9 Å². The SMILES string of the molecule is CCC(C)(CO)NS(=O)(=O)c1ccc(Br)cc1N.